The number of hydrogen-bond donors (Lipinski definition) is 1. The zero-order valence-corrected chi connectivity index (χ0v) is 15.1. The van der Waals surface area contributed by atoms with Crippen LogP contribution in [0.1, 0.15) is 16.3 Å². The molecular formula is C17H15N5OS2. The summed E-state index contributed by atoms with van der Waals surface area (Å²) in [5.74, 6) is 0.876. The van der Waals surface area contributed by atoms with Crippen LogP contribution in [0.5, 0.6) is 0 Å². The number of amides is 1. The van der Waals surface area contributed by atoms with E-state index in [-0.39, 0.29) is 11.7 Å². The molecule has 0 aliphatic carbocycles. The fraction of sp³-hybridized carbons (Fsp3) is 0.176. The Morgan fingerprint density at radius 2 is 2.16 bits per heavy atom. The molecule has 6 nitrogen and oxygen atoms in total. The Labute approximate surface area is 153 Å². The molecule has 2 aromatic heterocycles. The van der Waals surface area contributed by atoms with Gasteiger partial charge in [-0.15, -0.1) is 21.5 Å². The minimum Gasteiger partial charge on any atom is -0.324 e. The zero-order valence-electron chi connectivity index (χ0n) is 13.5. The number of carbonyl (C=O) groups is 1. The number of rotatable bonds is 6. The second kappa shape index (κ2) is 7.96. The van der Waals surface area contributed by atoms with E-state index in [2.05, 4.69) is 27.6 Å². The Balaban J connectivity index is 1.59. The van der Waals surface area contributed by atoms with E-state index >= 15 is 0 Å². The van der Waals surface area contributed by atoms with Crippen LogP contribution >= 0.6 is 23.1 Å². The van der Waals surface area contributed by atoms with Gasteiger partial charge in [-0.1, -0.05) is 30.0 Å². The molecule has 0 spiro atoms. The average molecular weight is 369 g/mol. The molecule has 25 heavy (non-hydrogen) atoms. The molecule has 1 N–H and O–H groups in total. The van der Waals surface area contributed by atoms with Gasteiger partial charge in [0.2, 0.25) is 5.91 Å². The molecule has 2 heterocycles. The number of aromatic nitrogens is 3. The van der Waals surface area contributed by atoms with E-state index < -0.39 is 0 Å². The van der Waals surface area contributed by atoms with Crippen LogP contribution in [-0.2, 0) is 18.3 Å². The maximum atomic E-state index is 12.1. The Bertz CT molecular complexity index is 912. The lowest BCUT2D eigenvalue weighted by molar-refractivity contribution is -0.113. The van der Waals surface area contributed by atoms with Gasteiger partial charge in [0, 0.05) is 18.3 Å². The normalized spacial score (nSPS) is 10.4. The lowest BCUT2D eigenvalue weighted by Crippen LogP contribution is -2.15. The van der Waals surface area contributed by atoms with E-state index in [0.717, 1.165) is 12.2 Å². The van der Waals surface area contributed by atoms with E-state index in [9.17, 15) is 4.79 Å². The Morgan fingerprint density at radius 3 is 2.92 bits per heavy atom. The SMILES string of the molecule is Cn1c(Cc2cccs2)nnc1SCC(=O)Nc1ccccc1C#N. The highest BCUT2D eigenvalue weighted by molar-refractivity contribution is 7.99. The fourth-order valence-corrected chi connectivity index (χ4v) is 3.63. The zero-order chi connectivity index (χ0) is 17.6. The predicted molar refractivity (Wildman–Crippen MR) is 98.6 cm³/mol. The van der Waals surface area contributed by atoms with Crippen molar-refractivity contribution in [1.29, 1.82) is 5.26 Å². The van der Waals surface area contributed by atoms with Crippen LogP contribution in [0, 0.1) is 11.3 Å². The van der Waals surface area contributed by atoms with Crippen molar-refractivity contribution in [3.63, 3.8) is 0 Å². The average Bonchev–Trinajstić information content (AvgIpc) is 3.25. The lowest BCUT2D eigenvalue weighted by atomic mass is 10.2. The summed E-state index contributed by atoms with van der Waals surface area (Å²) < 4.78 is 1.90. The van der Waals surface area contributed by atoms with Crippen molar-refractivity contribution in [2.24, 2.45) is 7.05 Å². The molecule has 0 fully saturated rings. The predicted octanol–water partition coefficient (Wildman–Crippen LogP) is 3.07. The molecule has 0 aliphatic rings. The van der Waals surface area contributed by atoms with Gasteiger partial charge in [0.25, 0.3) is 0 Å². The molecule has 1 aromatic carbocycles. The maximum absolute atomic E-state index is 12.1. The topological polar surface area (TPSA) is 83.6 Å². The highest BCUT2D eigenvalue weighted by Gasteiger charge is 2.13. The van der Waals surface area contributed by atoms with Crippen LogP contribution < -0.4 is 5.32 Å². The van der Waals surface area contributed by atoms with Crippen LogP contribution in [0.3, 0.4) is 0 Å². The lowest BCUT2D eigenvalue weighted by Gasteiger charge is -2.06. The van der Waals surface area contributed by atoms with Gasteiger partial charge < -0.3 is 9.88 Å². The standard InChI is InChI=1S/C17H15N5OS2/c1-22-15(9-13-6-4-8-24-13)20-21-17(22)25-11-16(23)19-14-7-3-2-5-12(14)10-18/h2-8H,9,11H2,1H3,(H,19,23). The maximum Gasteiger partial charge on any atom is 0.234 e. The van der Waals surface area contributed by atoms with Crippen molar-refractivity contribution in [2.75, 3.05) is 11.1 Å². The Morgan fingerprint density at radius 1 is 1.32 bits per heavy atom. The molecular weight excluding hydrogens is 354 g/mol. The third-order valence-corrected chi connectivity index (χ3v) is 5.39. The number of benzene rings is 1. The second-order valence-corrected chi connectivity index (χ2v) is 7.18. The summed E-state index contributed by atoms with van der Waals surface area (Å²) in [6.07, 6.45) is 0.726. The molecule has 0 aliphatic heterocycles. The molecule has 0 unspecified atom stereocenters. The summed E-state index contributed by atoms with van der Waals surface area (Å²) >= 11 is 3.00. The number of hydrogen-bond acceptors (Lipinski definition) is 6. The number of para-hydroxylation sites is 1. The van der Waals surface area contributed by atoms with E-state index in [1.807, 2.05) is 23.1 Å². The van der Waals surface area contributed by atoms with Gasteiger partial charge >= 0.3 is 0 Å². The number of nitriles is 1. The molecule has 8 heteroatoms. The van der Waals surface area contributed by atoms with Crippen LogP contribution in [0.25, 0.3) is 0 Å². The monoisotopic (exact) mass is 369 g/mol. The highest BCUT2D eigenvalue weighted by atomic mass is 32.2. The second-order valence-electron chi connectivity index (χ2n) is 5.21. The number of thioether (sulfide) groups is 1. The number of nitrogens with zero attached hydrogens (tertiary/aromatic N) is 4. The van der Waals surface area contributed by atoms with Crippen LogP contribution in [-0.4, -0.2) is 26.4 Å². The first-order chi connectivity index (χ1) is 12.2. The Hall–Kier alpha value is -2.63. The molecule has 0 saturated carbocycles. The molecule has 0 bridgehead atoms. The van der Waals surface area contributed by atoms with E-state index in [0.29, 0.717) is 16.4 Å². The van der Waals surface area contributed by atoms with Gasteiger partial charge in [0.1, 0.15) is 11.9 Å². The minimum atomic E-state index is -0.185. The molecule has 0 radical (unpaired) electrons. The smallest absolute Gasteiger partial charge is 0.234 e. The van der Waals surface area contributed by atoms with Crippen LogP contribution in [0.15, 0.2) is 46.9 Å². The van der Waals surface area contributed by atoms with E-state index in [1.54, 1.807) is 35.6 Å². The quantitative estimate of drug-likeness (QED) is 0.675. The summed E-state index contributed by atoms with van der Waals surface area (Å²) in [6.45, 7) is 0. The van der Waals surface area contributed by atoms with E-state index in [1.165, 1.54) is 16.6 Å². The van der Waals surface area contributed by atoms with Crippen molar-refractivity contribution < 1.29 is 4.79 Å². The van der Waals surface area contributed by atoms with Crippen molar-refractivity contribution in [3.8, 4) is 6.07 Å². The van der Waals surface area contributed by atoms with Gasteiger partial charge in [-0.05, 0) is 23.6 Å². The summed E-state index contributed by atoms with van der Waals surface area (Å²) in [5, 5.41) is 22.9. The summed E-state index contributed by atoms with van der Waals surface area (Å²) in [6, 6.07) is 13.1. The minimum absolute atomic E-state index is 0.185. The molecule has 126 valence electrons. The summed E-state index contributed by atoms with van der Waals surface area (Å²) in [5.41, 5.74) is 0.963. The molecule has 0 saturated heterocycles. The first-order valence-corrected chi connectivity index (χ1v) is 9.36. The van der Waals surface area contributed by atoms with Gasteiger partial charge in [0.15, 0.2) is 5.16 Å². The van der Waals surface area contributed by atoms with Crippen molar-refractivity contribution in [3.05, 3.63) is 58.0 Å². The molecule has 1 amide bonds. The summed E-state index contributed by atoms with van der Waals surface area (Å²) in [7, 11) is 1.90. The first-order valence-electron chi connectivity index (χ1n) is 7.50. The van der Waals surface area contributed by atoms with Gasteiger partial charge in [-0.3, -0.25) is 4.79 Å². The van der Waals surface area contributed by atoms with Crippen molar-refractivity contribution in [1.82, 2.24) is 14.8 Å². The van der Waals surface area contributed by atoms with Crippen LogP contribution in [0.2, 0.25) is 0 Å². The Kier molecular flexibility index (Phi) is 5.48. The van der Waals surface area contributed by atoms with Crippen molar-refractivity contribution >= 4 is 34.7 Å². The highest BCUT2D eigenvalue weighted by Crippen LogP contribution is 2.20. The number of nitrogens with one attached hydrogen (secondary N) is 1. The largest absolute Gasteiger partial charge is 0.324 e. The fourth-order valence-electron chi connectivity index (χ4n) is 2.20. The first kappa shape index (κ1) is 17.2. The van der Waals surface area contributed by atoms with Gasteiger partial charge in [0.05, 0.1) is 17.0 Å². The molecule has 3 aromatic rings. The third-order valence-electron chi connectivity index (χ3n) is 3.49. The summed E-state index contributed by atoms with van der Waals surface area (Å²) in [4.78, 5) is 13.4. The molecule has 0 atom stereocenters. The third kappa shape index (κ3) is 4.26. The number of thiophene rings is 1. The van der Waals surface area contributed by atoms with E-state index in [4.69, 9.17) is 5.26 Å². The molecule has 3 rings (SSSR count). The number of carbonyl (C=O) groups excluding carboxylic acids is 1. The number of anilines is 1. The van der Waals surface area contributed by atoms with Crippen molar-refractivity contribution in [2.45, 2.75) is 11.6 Å². The van der Waals surface area contributed by atoms with Gasteiger partial charge in [-0.25, -0.2) is 0 Å². The van der Waals surface area contributed by atoms with Crippen LogP contribution in [0.4, 0.5) is 5.69 Å². The van der Waals surface area contributed by atoms with Gasteiger partial charge in [-0.2, -0.15) is 5.26 Å².